The lowest BCUT2D eigenvalue weighted by atomic mass is 10.2. The maximum atomic E-state index is 11.5. The molecule has 0 rings (SSSR count). The minimum absolute atomic E-state index is 0.292. The quantitative estimate of drug-likeness (QED) is 0.578. The van der Waals surface area contributed by atoms with E-state index in [2.05, 4.69) is 17.2 Å². The molecule has 0 spiro atoms. The standard InChI is InChI=1S/C13H21NO4S/c1-5-6-7-8-19-9-10(11(15)16)14-12(17)18-13(2,3)4/h10H,7-9H2,1-4H3,(H,14,17)(H,15,16). The second-order valence-electron chi connectivity index (χ2n) is 4.79. The molecule has 0 heterocycles. The smallest absolute Gasteiger partial charge is 0.408 e. The predicted octanol–water partition coefficient (Wildman–Crippen LogP) is 2.11. The summed E-state index contributed by atoms with van der Waals surface area (Å²) in [5.41, 5.74) is -0.642. The number of hydrogen-bond donors (Lipinski definition) is 2. The summed E-state index contributed by atoms with van der Waals surface area (Å²) in [6.45, 7) is 6.93. The summed E-state index contributed by atoms with van der Waals surface area (Å²) in [6, 6.07) is -0.950. The summed E-state index contributed by atoms with van der Waals surface area (Å²) in [5.74, 6) is 5.62. The van der Waals surface area contributed by atoms with Crippen LogP contribution in [0.5, 0.6) is 0 Å². The van der Waals surface area contributed by atoms with Gasteiger partial charge in [0.15, 0.2) is 0 Å². The number of thioether (sulfide) groups is 1. The zero-order valence-corrected chi connectivity index (χ0v) is 12.6. The van der Waals surface area contributed by atoms with Crippen molar-refractivity contribution in [2.24, 2.45) is 0 Å². The van der Waals surface area contributed by atoms with Gasteiger partial charge in [-0.1, -0.05) is 0 Å². The third-order valence-corrected chi connectivity index (χ3v) is 2.88. The van der Waals surface area contributed by atoms with Gasteiger partial charge in [0.25, 0.3) is 0 Å². The fourth-order valence-electron chi connectivity index (χ4n) is 1.07. The van der Waals surface area contributed by atoms with Gasteiger partial charge in [-0.15, -0.1) is 11.8 Å². The SMILES string of the molecule is CC#CCCSCC(NC(=O)OC(C)(C)C)C(=O)O. The third-order valence-electron chi connectivity index (χ3n) is 1.82. The molecule has 0 saturated carbocycles. The molecular weight excluding hydrogens is 266 g/mol. The van der Waals surface area contributed by atoms with Crippen LogP contribution in [0.15, 0.2) is 0 Å². The van der Waals surface area contributed by atoms with E-state index in [1.807, 2.05) is 0 Å². The van der Waals surface area contributed by atoms with Crippen molar-refractivity contribution in [2.45, 2.75) is 45.8 Å². The number of carboxylic acid groups (broad SMARTS) is 1. The molecule has 0 aliphatic heterocycles. The molecule has 2 N–H and O–H groups in total. The second kappa shape index (κ2) is 8.70. The van der Waals surface area contributed by atoms with Crippen molar-refractivity contribution in [1.29, 1.82) is 0 Å². The van der Waals surface area contributed by atoms with Crippen molar-refractivity contribution in [1.82, 2.24) is 5.32 Å². The first-order chi connectivity index (χ1) is 8.76. The molecule has 0 fully saturated rings. The lowest BCUT2D eigenvalue weighted by Crippen LogP contribution is -2.45. The molecular formula is C13H21NO4S. The Kier molecular flexibility index (Phi) is 8.08. The van der Waals surface area contributed by atoms with Crippen LogP contribution >= 0.6 is 11.8 Å². The van der Waals surface area contributed by atoms with Crippen molar-refractivity contribution in [2.75, 3.05) is 11.5 Å². The number of carboxylic acids is 1. The molecule has 0 aromatic rings. The average Bonchev–Trinajstić information content (AvgIpc) is 2.24. The van der Waals surface area contributed by atoms with E-state index in [1.165, 1.54) is 11.8 Å². The number of ether oxygens (including phenoxy) is 1. The van der Waals surface area contributed by atoms with E-state index in [4.69, 9.17) is 9.84 Å². The highest BCUT2D eigenvalue weighted by molar-refractivity contribution is 7.99. The molecule has 108 valence electrons. The largest absolute Gasteiger partial charge is 0.480 e. The molecule has 0 saturated heterocycles. The van der Waals surface area contributed by atoms with Crippen LogP contribution in [0.1, 0.15) is 34.1 Å². The van der Waals surface area contributed by atoms with Gasteiger partial charge in [0.05, 0.1) is 0 Å². The van der Waals surface area contributed by atoms with Crippen LogP contribution in [0.2, 0.25) is 0 Å². The zero-order valence-electron chi connectivity index (χ0n) is 11.8. The molecule has 1 unspecified atom stereocenters. The van der Waals surface area contributed by atoms with Crippen molar-refractivity contribution in [3.63, 3.8) is 0 Å². The monoisotopic (exact) mass is 287 g/mol. The molecule has 19 heavy (non-hydrogen) atoms. The Balaban J connectivity index is 4.14. The first-order valence-corrected chi connectivity index (χ1v) is 7.11. The summed E-state index contributed by atoms with van der Waals surface area (Å²) in [4.78, 5) is 22.5. The van der Waals surface area contributed by atoms with E-state index in [0.29, 0.717) is 12.2 Å². The molecule has 0 radical (unpaired) electrons. The van der Waals surface area contributed by atoms with Crippen LogP contribution in [0.25, 0.3) is 0 Å². The minimum atomic E-state index is -1.07. The summed E-state index contributed by atoms with van der Waals surface area (Å²) in [5, 5.41) is 11.4. The topological polar surface area (TPSA) is 75.6 Å². The second-order valence-corrected chi connectivity index (χ2v) is 5.94. The molecule has 6 heteroatoms. The molecule has 1 amide bonds. The van der Waals surface area contributed by atoms with Gasteiger partial charge in [0.2, 0.25) is 0 Å². The molecule has 0 aromatic carbocycles. The van der Waals surface area contributed by atoms with Gasteiger partial charge in [0.1, 0.15) is 11.6 Å². The van der Waals surface area contributed by atoms with Gasteiger partial charge < -0.3 is 15.2 Å². The van der Waals surface area contributed by atoms with Crippen molar-refractivity contribution >= 4 is 23.8 Å². The van der Waals surface area contributed by atoms with Gasteiger partial charge in [-0.05, 0) is 27.7 Å². The Morgan fingerprint density at radius 1 is 1.42 bits per heavy atom. The predicted molar refractivity (Wildman–Crippen MR) is 76.2 cm³/mol. The molecule has 1 atom stereocenters. The van der Waals surface area contributed by atoms with Gasteiger partial charge in [-0.3, -0.25) is 0 Å². The van der Waals surface area contributed by atoms with Crippen molar-refractivity contribution in [3.8, 4) is 11.8 Å². The Bertz CT molecular complexity index is 365. The molecule has 0 aromatic heterocycles. The number of rotatable bonds is 6. The van der Waals surface area contributed by atoms with E-state index >= 15 is 0 Å². The molecule has 5 nitrogen and oxygen atoms in total. The van der Waals surface area contributed by atoms with Gasteiger partial charge in [-0.25, -0.2) is 9.59 Å². The average molecular weight is 287 g/mol. The number of carbonyl (C=O) groups is 2. The van der Waals surface area contributed by atoms with Crippen LogP contribution in [0, 0.1) is 11.8 Å². The van der Waals surface area contributed by atoms with E-state index < -0.39 is 23.7 Å². The number of alkyl carbamates (subject to hydrolysis) is 1. The maximum Gasteiger partial charge on any atom is 0.408 e. The van der Waals surface area contributed by atoms with Gasteiger partial charge in [0, 0.05) is 17.9 Å². The van der Waals surface area contributed by atoms with Crippen molar-refractivity contribution in [3.05, 3.63) is 0 Å². The Labute approximate surface area is 118 Å². The summed E-state index contributed by atoms with van der Waals surface area (Å²) < 4.78 is 5.02. The van der Waals surface area contributed by atoms with E-state index in [0.717, 1.165) is 5.75 Å². The maximum absolute atomic E-state index is 11.5. The van der Waals surface area contributed by atoms with Crippen LogP contribution in [0.3, 0.4) is 0 Å². The lowest BCUT2D eigenvalue weighted by molar-refractivity contribution is -0.138. The van der Waals surface area contributed by atoms with Gasteiger partial charge in [-0.2, -0.15) is 11.8 Å². The van der Waals surface area contributed by atoms with Crippen LogP contribution < -0.4 is 5.32 Å². The molecule has 0 bridgehead atoms. The van der Waals surface area contributed by atoms with Crippen LogP contribution in [-0.4, -0.2) is 40.3 Å². The summed E-state index contributed by atoms with van der Waals surface area (Å²) >= 11 is 1.44. The lowest BCUT2D eigenvalue weighted by Gasteiger charge is -2.21. The Morgan fingerprint density at radius 2 is 2.05 bits per heavy atom. The number of hydrogen-bond acceptors (Lipinski definition) is 4. The number of nitrogens with one attached hydrogen (secondary N) is 1. The minimum Gasteiger partial charge on any atom is -0.480 e. The summed E-state index contributed by atoms with van der Waals surface area (Å²) in [6.07, 6.45) is -0.00575. The first-order valence-electron chi connectivity index (χ1n) is 5.96. The first kappa shape index (κ1) is 17.6. The fraction of sp³-hybridized carbons (Fsp3) is 0.692. The van der Waals surface area contributed by atoms with Crippen molar-refractivity contribution < 1.29 is 19.4 Å². The zero-order chi connectivity index (χ0) is 14.9. The molecule has 0 aliphatic rings. The highest BCUT2D eigenvalue weighted by Gasteiger charge is 2.23. The Hall–Kier alpha value is -1.35. The Morgan fingerprint density at radius 3 is 2.53 bits per heavy atom. The van der Waals surface area contributed by atoms with Gasteiger partial charge >= 0.3 is 12.1 Å². The normalized spacial score (nSPS) is 12.0. The number of carbonyl (C=O) groups excluding carboxylic acids is 1. The highest BCUT2D eigenvalue weighted by Crippen LogP contribution is 2.09. The number of amides is 1. The highest BCUT2D eigenvalue weighted by atomic mass is 32.2. The fourth-order valence-corrected chi connectivity index (χ4v) is 1.95. The van der Waals surface area contributed by atoms with Crippen LogP contribution in [-0.2, 0) is 9.53 Å². The van der Waals surface area contributed by atoms with E-state index in [9.17, 15) is 9.59 Å². The van der Waals surface area contributed by atoms with Crippen LogP contribution in [0.4, 0.5) is 4.79 Å². The molecule has 0 aliphatic carbocycles. The third kappa shape index (κ3) is 10.3. The van der Waals surface area contributed by atoms with E-state index in [-0.39, 0.29) is 0 Å². The number of aliphatic carboxylic acids is 1. The van der Waals surface area contributed by atoms with E-state index in [1.54, 1.807) is 27.7 Å². The summed E-state index contributed by atoms with van der Waals surface area (Å²) in [7, 11) is 0.